The van der Waals surface area contributed by atoms with Gasteiger partial charge in [0.2, 0.25) is 0 Å². The fourth-order valence-electron chi connectivity index (χ4n) is 3.34. The van der Waals surface area contributed by atoms with Crippen molar-refractivity contribution in [2.24, 2.45) is 0 Å². The van der Waals surface area contributed by atoms with E-state index in [9.17, 15) is 13.6 Å². The number of thiazole rings is 1. The molecule has 0 atom stereocenters. The Morgan fingerprint density at radius 3 is 2.73 bits per heavy atom. The molecule has 0 aliphatic rings. The number of rotatable bonds is 5. The zero-order valence-corrected chi connectivity index (χ0v) is 17.1. The number of carbonyl (C=O) groups excluding carboxylic acids is 1. The van der Waals surface area contributed by atoms with Crippen molar-refractivity contribution < 1.29 is 13.6 Å². The molecule has 8 heteroatoms. The standard InChI is InChI=1S/C22H18F2N4OS/c1-13-8-19(14(2)28(13)17-4-3-7-25-11-17)21(29)27-22-26-12-18(30-22)9-15-5-6-16(23)10-20(15)24/h3-8,10-12H,9H2,1-2H3,(H,26,27,29). The molecule has 152 valence electrons. The lowest BCUT2D eigenvalue weighted by Gasteiger charge is -2.09. The van der Waals surface area contributed by atoms with Gasteiger partial charge in [0, 0.05) is 41.1 Å². The Kier molecular flexibility index (Phi) is 5.41. The molecular formula is C22H18F2N4OS. The zero-order chi connectivity index (χ0) is 21.3. The van der Waals surface area contributed by atoms with Crippen molar-refractivity contribution in [2.45, 2.75) is 20.3 Å². The monoisotopic (exact) mass is 424 g/mol. The van der Waals surface area contributed by atoms with Crippen LogP contribution in [0.2, 0.25) is 0 Å². The Bertz CT molecular complexity index is 1220. The van der Waals surface area contributed by atoms with Crippen LogP contribution in [-0.4, -0.2) is 20.4 Å². The number of benzene rings is 1. The van der Waals surface area contributed by atoms with E-state index in [1.165, 1.54) is 23.5 Å². The Balaban J connectivity index is 1.51. The minimum atomic E-state index is -0.614. The van der Waals surface area contributed by atoms with Gasteiger partial charge in [-0.1, -0.05) is 6.07 Å². The molecule has 0 radical (unpaired) electrons. The second kappa shape index (κ2) is 8.16. The van der Waals surface area contributed by atoms with E-state index < -0.39 is 11.6 Å². The predicted octanol–water partition coefficient (Wildman–Crippen LogP) is 5.07. The first-order valence-electron chi connectivity index (χ1n) is 9.21. The maximum Gasteiger partial charge on any atom is 0.259 e. The minimum absolute atomic E-state index is 0.271. The molecule has 4 rings (SSSR count). The Morgan fingerprint density at radius 1 is 1.17 bits per heavy atom. The lowest BCUT2D eigenvalue weighted by atomic mass is 10.1. The summed E-state index contributed by atoms with van der Waals surface area (Å²) >= 11 is 1.26. The van der Waals surface area contributed by atoms with Crippen LogP contribution in [0.25, 0.3) is 5.69 Å². The molecule has 0 spiro atoms. The molecule has 0 saturated heterocycles. The second-order valence-corrected chi connectivity index (χ2v) is 7.94. The van der Waals surface area contributed by atoms with Crippen LogP contribution in [-0.2, 0) is 6.42 Å². The summed E-state index contributed by atoms with van der Waals surface area (Å²) < 4.78 is 28.9. The molecule has 0 fully saturated rings. The Morgan fingerprint density at radius 2 is 2.00 bits per heavy atom. The van der Waals surface area contributed by atoms with Crippen LogP contribution in [0.15, 0.2) is 55.0 Å². The summed E-state index contributed by atoms with van der Waals surface area (Å²) in [7, 11) is 0. The average Bonchev–Trinajstić information content (AvgIpc) is 3.28. The van der Waals surface area contributed by atoms with E-state index in [-0.39, 0.29) is 12.3 Å². The lowest BCUT2D eigenvalue weighted by molar-refractivity contribution is 0.102. The van der Waals surface area contributed by atoms with E-state index in [0.29, 0.717) is 16.3 Å². The predicted molar refractivity (Wildman–Crippen MR) is 112 cm³/mol. The maximum atomic E-state index is 13.9. The van der Waals surface area contributed by atoms with Gasteiger partial charge >= 0.3 is 0 Å². The topological polar surface area (TPSA) is 59.8 Å². The van der Waals surface area contributed by atoms with Crippen molar-refractivity contribution >= 4 is 22.4 Å². The maximum absolute atomic E-state index is 13.9. The van der Waals surface area contributed by atoms with Crippen LogP contribution >= 0.6 is 11.3 Å². The fraction of sp³-hybridized carbons (Fsp3) is 0.136. The van der Waals surface area contributed by atoms with Crippen LogP contribution in [0.4, 0.5) is 13.9 Å². The first-order valence-corrected chi connectivity index (χ1v) is 10.0. The van der Waals surface area contributed by atoms with Gasteiger partial charge < -0.3 is 4.57 Å². The fourth-order valence-corrected chi connectivity index (χ4v) is 4.17. The smallest absolute Gasteiger partial charge is 0.259 e. The molecule has 1 amide bonds. The number of hydrogen-bond acceptors (Lipinski definition) is 4. The lowest BCUT2D eigenvalue weighted by Crippen LogP contribution is -2.12. The average molecular weight is 424 g/mol. The molecule has 0 unspecified atom stereocenters. The van der Waals surface area contributed by atoms with Crippen molar-refractivity contribution in [2.75, 3.05) is 5.32 Å². The Hall–Kier alpha value is -3.39. The number of hydrogen-bond donors (Lipinski definition) is 1. The number of carbonyl (C=O) groups is 1. The summed E-state index contributed by atoms with van der Waals surface area (Å²) in [5.41, 5.74) is 3.50. The van der Waals surface area contributed by atoms with Gasteiger partial charge in [-0.05, 0) is 43.7 Å². The number of anilines is 1. The number of pyridine rings is 1. The van der Waals surface area contributed by atoms with Gasteiger partial charge in [0.05, 0.1) is 17.4 Å². The molecule has 0 saturated carbocycles. The van der Waals surface area contributed by atoms with E-state index in [1.54, 1.807) is 18.6 Å². The van der Waals surface area contributed by atoms with Crippen LogP contribution in [0.1, 0.15) is 32.2 Å². The number of aromatic nitrogens is 3. The molecule has 4 aromatic rings. The number of nitrogens with zero attached hydrogens (tertiary/aromatic N) is 3. The molecule has 1 N–H and O–H groups in total. The SMILES string of the molecule is Cc1cc(C(=O)Nc2ncc(Cc3ccc(F)cc3F)s2)c(C)n1-c1cccnc1. The molecule has 3 heterocycles. The molecule has 1 aromatic carbocycles. The van der Waals surface area contributed by atoms with Crippen molar-refractivity contribution in [1.82, 2.24) is 14.5 Å². The third-order valence-electron chi connectivity index (χ3n) is 4.73. The van der Waals surface area contributed by atoms with Crippen molar-refractivity contribution in [3.63, 3.8) is 0 Å². The van der Waals surface area contributed by atoms with E-state index >= 15 is 0 Å². The molecule has 3 aromatic heterocycles. The summed E-state index contributed by atoms with van der Waals surface area (Å²) in [5.74, 6) is -1.48. The van der Waals surface area contributed by atoms with E-state index in [0.717, 1.165) is 28.0 Å². The van der Waals surface area contributed by atoms with Crippen molar-refractivity contribution in [1.29, 1.82) is 0 Å². The molecule has 0 aliphatic heterocycles. The van der Waals surface area contributed by atoms with Gasteiger partial charge in [0.1, 0.15) is 11.6 Å². The summed E-state index contributed by atoms with van der Waals surface area (Å²) in [4.78, 5) is 21.9. The van der Waals surface area contributed by atoms with Gasteiger partial charge in [0.15, 0.2) is 5.13 Å². The van der Waals surface area contributed by atoms with Crippen LogP contribution in [0.3, 0.4) is 0 Å². The normalized spacial score (nSPS) is 10.9. The molecule has 30 heavy (non-hydrogen) atoms. The summed E-state index contributed by atoms with van der Waals surface area (Å²) in [6.45, 7) is 3.80. The highest BCUT2D eigenvalue weighted by Gasteiger charge is 2.18. The third-order valence-corrected chi connectivity index (χ3v) is 5.65. The van der Waals surface area contributed by atoms with Gasteiger partial charge in [-0.3, -0.25) is 15.1 Å². The zero-order valence-electron chi connectivity index (χ0n) is 16.3. The first-order chi connectivity index (χ1) is 14.4. The molecular weight excluding hydrogens is 406 g/mol. The third kappa shape index (κ3) is 3.99. The summed E-state index contributed by atoms with van der Waals surface area (Å²) in [6.07, 6.45) is 5.30. The second-order valence-electron chi connectivity index (χ2n) is 6.83. The molecule has 0 aliphatic carbocycles. The number of aryl methyl sites for hydroxylation is 1. The van der Waals surface area contributed by atoms with Gasteiger partial charge in [-0.15, -0.1) is 11.3 Å². The summed E-state index contributed by atoms with van der Waals surface area (Å²) in [5, 5.41) is 3.23. The largest absolute Gasteiger partial charge is 0.316 e. The number of halogens is 2. The van der Waals surface area contributed by atoms with Gasteiger partial charge in [0.25, 0.3) is 5.91 Å². The van der Waals surface area contributed by atoms with Crippen molar-refractivity contribution in [3.8, 4) is 5.69 Å². The first kappa shape index (κ1) is 19.9. The molecule has 0 bridgehead atoms. The quantitative estimate of drug-likeness (QED) is 0.487. The van der Waals surface area contributed by atoms with Crippen LogP contribution in [0, 0.1) is 25.5 Å². The van der Waals surface area contributed by atoms with Gasteiger partial charge in [-0.2, -0.15) is 0 Å². The minimum Gasteiger partial charge on any atom is -0.316 e. The van der Waals surface area contributed by atoms with E-state index in [4.69, 9.17) is 0 Å². The Labute approximate surface area is 176 Å². The number of nitrogens with one attached hydrogen (secondary N) is 1. The molecule has 5 nitrogen and oxygen atoms in total. The highest BCUT2D eigenvalue weighted by molar-refractivity contribution is 7.15. The highest BCUT2D eigenvalue weighted by atomic mass is 32.1. The highest BCUT2D eigenvalue weighted by Crippen LogP contribution is 2.25. The van der Waals surface area contributed by atoms with Gasteiger partial charge in [-0.25, -0.2) is 13.8 Å². The van der Waals surface area contributed by atoms with Crippen LogP contribution < -0.4 is 5.32 Å². The van der Waals surface area contributed by atoms with E-state index in [2.05, 4.69) is 15.3 Å². The summed E-state index contributed by atoms with van der Waals surface area (Å²) in [6, 6.07) is 9.08. The number of amides is 1. The van der Waals surface area contributed by atoms with Crippen molar-refractivity contribution in [3.05, 3.63) is 94.0 Å². The van der Waals surface area contributed by atoms with Crippen LogP contribution in [0.5, 0.6) is 0 Å². The van der Waals surface area contributed by atoms with E-state index in [1.807, 2.05) is 36.6 Å².